The maximum Gasteiger partial charge on any atom is 0.0780 e. The van der Waals surface area contributed by atoms with Gasteiger partial charge in [0.05, 0.1) is 11.4 Å². The van der Waals surface area contributed by atoms with Gasteiger partial charge in [-0.25, -0.2) is 5.01 Å². The van der Waals surface area contributed by atoms with Gasteiger partial charge in [0.1, 0.15) is 0 Å². The SMILES string of the molecule is CC1(C)C=CN(c2ccc3ccccc3c2)N=C1c1ccccc1. The summed E-state index contributed by atoms with van der Waals surface area (Å²) in [5, 5.41) is 9.39. The molecule has 0 unspecified atom stereocenters. The van der Waals surface area contributed by atoms with Gasteiger partial charge >= 0.3 is 0 Å². The molecule has 118 valence electrons. The molecule has 3 aromatic rings. The van der Waals surface area contributed by atoms with Crippen molar-refractivity contribution in [2.45, 2.75) is 13.8 Å². The lowest BCUT2D eigenvalue weighted by Crippen LogP contribution is -2.30. The highest BCUT2D eigenvalue weighted by molar-refractivity contribution is 6.06. The molecule has 1 aliphatic rings. The van der Waals surface area contributed by atoms with Crippen LogP contribution in [-0.2, 0) is 0 Å². The molecule has 0 N–H and O–H groups in total. The second-order valence-corrected chi connectivity index (χ2v) is 6.73. The van der Waals surface area contributed by atoms with Gasteiger partial charge in [-0.1, -0.05) is 80.6 Å². The van der Waals surface area contributed by atoms with E-state index < -0.39 is 0 Å². The van der Waals surface area contributed by atoms with Gasteiger partial charge < -0.3 is 0 Å². The molecule has 0 saturated heterocycles. The normalized spacial score (nSPS) is 16.2. The molecule has 4 rings (SSSR count). The number of hydrazone groups is 1. The first-order valence-corrected chi connectivity index (χ1v) is 8.25. The number of hydrogen-bond donors (Lipinski definition) is 0. The van der Waals surface area contributed by atoms with E-state index in [1.54, 1.807) is 0 Å². The number of anilines is 1. The molecule has 0 amide bonds. The van der Waals surface area contributed by atoms with Gasteiger partial charge in [-0.05, 0) is 28.5 Å². The van der Waals surface area contributed by atoms with Gasteiger partial charge in [0.2, 0.25) is 0 Å². The second kappa shape index (κ2) is 5.64. The third-order valence-electron chi connectivity index (χ3n) is 4.50. The van der Waals surface area contributed by atoms with Gasteiger partial charge in [-0.3, -0.25) is 0 Å². The largest absolute Gasteiger partial charge is 0.241 e. The van der Waals surface area contributed by atoms with Crippen molar-refractivity contribution in [1.82, 2.24) is 0 Å². The highest BCUT2D eigenvalue weighted by atomic mass is 15.5. The zero-order chi connectivity index (χ0) is 16.6. The van der Waals surface area contributed by atoms with Gasteiger partial charge in [0.25, 0.3) is 0 Å². The summed E-state index contributed by atoms with van der Waals surface area (Å²) < 4.78 is 0. The average molecular weight is 312 g/mol. The first-order chi connectivity index (χ1) is 11.6. The number of benzene rings is 3. The van der Waals surface area contributed by atoms with Gasteiger partial charge in [0, 0.05) is 11.6 Å². The summed E-state index contributed by atoms with van der Waals surface area (Å²) in [5.74, 6) is 0. The van der Waals surface area contributed by atoms with Crippen molar-refractivity contribution in [3.63, 3.8) is 0 Å². The van der Waals surface area contributed by atoms with Gasteiger partial charge in [-0.2, -0.15) is 5.10 Å². The van der Waals surface area contributed by atoms with E-state index in [4.69, 9.17) is 5.10 Å². The van der Waals surface area contributed by atoms with Crippen LogP contribution in [0.3, 0.4) is 0 Å². The standard InChI is InChI=1S/C22H20N2/c1-22(2)14-15-24(23-21(22)18-9-4-3-5-10-18)20-13-12-17-8-6-7-11-19(17)16-20/h3-16H,1-2H3. The predicted octanol–water partition coefficient (Wildman–Crippen LogP) is 5.60. The van der Waals surface area contributed by atoms with E-state index >= 15 is 0 Å². The molecule has 0 atom stereocenters. The van der Waals surface area contributed by atoms with E-state index in [0.29, 0.717) is 0 Å². The molecule has 3 aromatic carbocycles. The van der Waals surface area contributed by atoms with Crippen molar-refractivity contribution >= 4 is 22.2 Å². The smallest absolute Gasteiger partial charge is 0.0780 e. The van der Waals surface area contributed by atoms with E-state index in [1.165, 1.54) is 10.8 Å². The Hall–Kier alpha value is -2.87. The van der Waals surface area contributed by atoms with Gasteiger partial charge in [-0.15, -0.1) is 0 Å². The summed E-state index contributed by atoms with van der Waals surface area (Å²) in [6, 6.07) is 25.3. The molecule has 2 nitrogen and oxygen atoms in total. The van der Waals surface area contributed by atoms with E-state index in [0.717, 1.165) is 17.0 Å². The summed E-state index contributed by atoms with van der Waals surface area (Å²) in [4.78, 5) is 0. The molecule has 0 bridgehead atoms. The Morgan fingerprint density at radius 1 is 0.792 bits per heavy atom. The van der Waals surface area contributed by atoms with Crippen LogP contribution in [0, 0.1) is 5.41 Å². The molecule has 2 heteroatoms. The van der Waals surface area contributed by atoms with Crippen LogP contribution in [0.5, 0.6) is 0 Å². The van der Waals surface area contributed by atoms with Crippen LogP contribution in [0.2, 0.25) is 0 Å². The summed E-state index contributed by atoms with van der Waals surface area (Å²) in [5.41, 5.74) is 3.24. The Morgan fingerprint density at radius 3 is 2.29 bits per heavy atom. The molecule has 0 aromatic heterocycles. The second-order valence-electron chi connectivity index (χ2n) is 6.73. The third-order valence-corrected chi connectivity index (χ3v) is 4.50. The van der Waals surface area contributed by atoms with Crippen molar-refractivity contribution in [2.75, 3.05) is 5.01 Å². The molecule has 0 fully saturated rings. The van der Waals surface area contributed by atoms with Crippen LogP contribution < -0.4 is 5.01 Å². The Bertz CT molecular complexity index is 936. The fourth-order valence-electron chi connectivity index (χ4n) is 3.09. The van der Waals surface area contributed by atoms with Crippen molar-refractivity contribution < 1.29 is 0 Å². The lowest BCUT2D eigenvalue weighted by Gasteiger charge is -2.31. The molecule has 0 saturated carbocycles. The Morgan fingerprint density at radius 2 is 1.50 bits per heavy atom. The quantitative estimate of drug-likeness (QED) is 0.601. The maximum atomic E-state index is 4.95. The fourth-order valence-corrected chi connectivity index (χ4v) is 3.09. The fraction of sp³-hybridized carbons (Fsp3) is 0.136. The Kier molecular flexibility index (Phi) is 3.46. The molecule has 0 spiro atoms. The molecule has 24 heavy (non-hydrogen) atoms. The zero-order valence-electron chi connectivity index (χ0n) is 14.0. The van der Waals surface area contributed by atoms with Crippen LogP contribution in [0.15, 0.2) is 90.2 Å². The molecule has 0 aliphatic carbocycles. The van der Waals surface area contributed by atoms with Crippen LogP contribution in [0.25, 0.3) is 10.8 Å². The predicted molar refractivity (Wildman–Crippen MR) is 102 cm³/mol. The highest BCUT2D eigenvalue weighted by Crippen LogP contribution is 2.32. The van der Waals surface area contributed by atoms with E-state index in [1.807, 2.05) is 11.1 Å². The van der Waals surface area contributed by atoms with Crippen molar-refractivity contribution in [1.29, 1.82) is 0 Å². The summed E-state index contributed by atoms with van der Waals surface area (Å²) in [6.07, 6.45) is 4.29. The minimum Gasteiger partial charge on any atom is -0.241 e. The Labute approximate surface area is 142 Å². The zero-order valence-corrected chi connectivity index (χ0v) is 14.0. The van der Waals surface area contributed by atoms with Crippen molar-refractivity contribution in [3.8, 4) is 0 Å². The minimum absolute atomic E-state index is 0.0886. The summed E-state index contributed by atoms with van der Waals surface area (Å²) in [6.45, 7) is 4.40. The van der Waals surface area contributed by atoms with Crippen LogP contribution >= 0.6 is 0 Å². The number of hydrogen-bond acceptors (Lipinski definition) is 2. The van der Waals surface area contributed by atoms with Crippen LogP contribution in [0.1, 0.15) is 19.4 Å². The first kappa shape index (κ1) is 14.7. The van der Waals surface area contributed by atoms with Crippen molar-refractivity contribution in [2.24, 2.45) is 10.5 Å². The van der Waals surface area contributed by atoms with E-state index in [-0.39, 0.29) is 5.41 Å². The summed E-state index contributed by atoms with van der Waals surface area (Å²) >= 11 is 0. The highest BCUT2D eigenvalue weighted by Gasteiger charge is 2.28. The lowest BCUT2D eigenvalue weighted by molar-refractivity contribution is 0.656. The van der Waals surface area contributed by atoms with Crippen LogP contribution in [-0.4, -0.2) is 5.71 Å². The molecule has 1 heterocycles. The number of nitrogens with zero attached hydrogens (tertiary/aromatic N) is 2. The lowest BCUT2D eigenvalue weighted by atomic mass is 9.83. The Balaban J connectivity index is 1.79. The monoisotopic (exact) mass is 312 g/mol. The minimum atomic E-state index is -0.0886. The topological polar surface area (TPSA) is 15.6 Å². The first-order valence-electron chi connectivity index (χ1n) is 8.25. The third kappa shape index (κ3) is 2.61. The van der Waals surface area contributed by atoms with E-state index in [9.17, 15) is 0 Å². The van der Waals surface area contributed by atoms with E-state index in [2.05, 4.69) is 92.9 Å². The van der Waals surface area contributed by atoms with Gasteiger partial charge in [0.15, 0.2) is 0 Å². The number of rotatable bonds is 2. The number of fused-ring (bicyclic) bond motifs is 1. The van der Waals surface area contributed by atoms with Crippen molar-refractivity contribution in [3.05, 3.63) is 90.6 Å². The summed E-state index contributed by atoms with van der Waals surface area (Å²) in [7, 11) is 0. The molecule has 1 aliphatic heterocycles. The average Bonchev–Trinajstić information content (AvgIpc) is 2.62. The molecule has 0 radical (unpaired) electrons. The molecular weight excluding hydrogens is 292 g/mol. The number of allylic oxidation sites excluding steroid dienone is 1. The molecular formula is C22H20N2. The maximum absolute atomic E-state index is 4.95. The van der Waals surface area contributed by atoms with Crippen LogP contribution in [0.4, 0.5) is 5.69 Å².